The van der Waals surface area contributed by atoms with Crippen molar-refractivity contribution in [2.75, 3.05) is 32.8 Å². The Labute approximate surface area is 109 Å². The summed E-state index contributed by atoms with van der Waals surface area (Å²) in [4.78, 5) is 13.9. The van der Waals surface area contributed by atoms with Crippen LogP contribution in [0.5, 0.6) is 0 Å². The highest BCUT2D eigenvalue weighted by Crippen LogP contribution is 2.19. The third-order valence-electron chi connectivity index (χ3n) is 3.73. The van der Waals surface area contributed by atoms with Crippen LogP contribution >= 0.6 is 0 Å². The van der Waals surface area contributed by atoms with E-state index in [4.69, 9.17) is 4.74 Å². The summed E-state index contributed by atoms with van der Waals surface area (Å²) in [6, 6.07) is -0.275. The van der Waals surface area contributed by atoms with Crippen LogP contribution in [0, 0.1) is 0 Å². The second kappa shape index (κ2) is 7.07. The van der Waals surface area contributed by atoms with Gasteiger partial charge in [0.15, 0.2) is 0 Å². The average molecular weight is 258 g/mol. The molecule has 2 N–H and O–H groups in total. The number of nitrogens with one attached hydrogen (secondary N) is 1. The Morgan fingerprint density at radius 1 is 1.44 bits per heavy atom. The zero-order valence-electron chi connectivity index (χ0n) is 11.7. The Morgan fingerprint density at radius 2 is 2.11 bits per heavy atom. The molecule has 1 saturated heterocycles. The molecule has 0 spiro atoms. The molecule has 5 nitrogen and oxygen atoms in total. The average Bonchev–Trinajstić information content (AvgIpc) is 2.39. The molecule has 0 aromatic heterocycles. The van der Waals surface area contributed by atoms with E-state index in [-0.39, 0.29) is 12.0 Å². The molecule has 106 valence electrons. The molecule has 0 aromatic rings. The maximum absolute atomic E-state index is 11.9. The van der Waals surface area contributed by atoms with Gasteiger partial charge in [0.05, 0.1) is 12.2 Å². The highest BCUT2D eigenvalue weighted by atomic mass is 16.5. The number of carbonyl (C=O) groups is 1. The predicted octanol–water partition coefficient (Wildman–Crippen LogP) is 0.374. The van der Waals surface area contributed by atoms with E-state index in [1.54, 1.807) is 0 Å². The number of hydrogen-bond acceptors (Lipinski definition) is 5. The molecule has 1 fully saturated rings. The molecule has 1 aliphatic heterocycles. The number of carbonyl (C=O) groups excluding carboxylic acids is 1. The largest absolute Gasteiger partial charge is 0.465 e. The maximum Gasteiger partial charge on any atom is 0.324 e. The van der Waals surface area contributed by atoms with Crippen LogP contribution in [0.4, 0.5) is 0 Å². The molecule has 1 aliphatic rings. The number of nitrogens with zero attached hydrogens (tertiary/aromatic N) is 1. The van der Waals surface area contributed by atoms with Crippen molar-refractivity contribution < 1.29 is 14.6 Å². The standard InChI is InChI=1S/C13H26N2O3/c1-4-13(17,5-2)10-15-8-7-14-9-11(15)12(16)18-6-3/h11,14,17H,4-10H2,1-3H3. The number of piperazine rings is 1. The van der Waals surface area contributed by atoms with E-state index < -0.39 is 5.60 Å². The van der Waals surface area contributed by atoms with Gasteiger partial charge in [-0.05, 0) is 19.8 Å². The molecule has 1 heterocycles. The summed E-state index contributed by atoms with van der Waals surface area (Å²) < 4.78 is 5.09. The van der Waals surface area contributed by atoms with Crippen LogP contribution in [0.15, 0.2) is 0 Å². The SMILES string of the molecule is CCOC(=O)C1CNCCN1CC(O)(CC)CC. The summed E-state index contributed by atoms with van der Waals surface area (Å²) in [7, 11) is 0. The lowest BCUT2D eigenvalue weighted by Crippen LogP contribution is -2.59. The first kappa shape index (κ1) is 15.4. The fraction of sp³-hybridized carbons (Fsp3) is 0.923. The minimum Gasteiger partial charge on any atom is -0.465 e. The van der Waals surface area contributed by atoms with E-state index in [1.807, 2.05) is 25.7 Å². The molecule has 1 atom stereocenters. The molecule has 18 heavy (non-hydrogen) atoms. The van der Waals surface area contributed by atoms with E-state index in [9.17, 15) is 9.90 Å². The van der Waals surface area contributed by atoms with Gasteiger partial charge in [-0.3, -0.25) is 9.69 Å². The van der Waals surface area contributed by atoms with Gasteiger partial charge in [0.1, 0.15) is 6.04 Å². The highest BCUT2D eigenvalue weighted by Gasteiger charge is 2.34. The smallest absolute Gasteiger partial charge is 0.324 e. The summed E-state index contributed by atoms with van der Waals surface area (Å²) in [6.07, 6.45) is 1.39. The molecule has 0 radical (unpaired) electrons. The minimum absolute atomic E-state index is 0.195. The van der Waals surface area contributed by atoms with E-state index in [0.717, 1.165) is 13.1 Å². The summed E-state index contributed by atoms with van der Waals surface area (Å²) in [6.45, 7) is 8.91. The fourth-order valence-electron chi connectivity index (χ4n) is 2.26. The van der Waals surface area contributed by atoms with Gasteiger partial charge in [0, 0.05) is 26.2 Å². The Balaban J connectivity index is 2.67. The van der Waals surface area contributed by atoms with Gasteiger partial charge in [-0.2, -0.15) is 0 Å². The minimum atomic E-state index is -0.706. The van der Waals surface area contributed by atoms with Crippen LogP contribution in [0.25, 0.3) is 0 Å². The Kier molecular flexibility index (Phi) is 6.05. The first-order valence-corrected chi connectivity index (χ1v) is 6.90. The van der Waals surface area contributed by atoms with Crippen LogP contribution in [-0.2, 0) is 9.53 Å². The first-order chi connectivity index (χ1) is 8.56. The molecule has 1 rings (SSSR count). The van der Waals surface area contributed by atoms with Crippen molar-refractivity contribution in [3.63, 3.8) is 0 Å². The van der Waals surface area contributed by atoms with Gasteiger partial charge < -0.3 is 15.2 Å². The van der Waals surface area contributed by atoms with Gasteiger partial charge >= 0.3 is 5.97 Å². The van der Waals surface area contributed by atoms with Gasteiger partial charge in [-0.25, -0.2) is 0 Å². The quantitative estimate of drug-likeness (QED) is 0.674. The Morgan fingerprint density at radius 3 is 2.67 bits per heavy atom. The van der Waals surface area contributed by atoms with Crippen LogP contribution in [0.2, 0.25) is 0 Å². The van der Waals surface area contributed by atoms with Crippen LogP contribution in [0.1, 0.15) is 33.6 Å². The number of β-amino-alcohol motifs (C(OH)–C–C–N with tert-alkyl or cyclic N) is 1. The molecule has 5 heteroatoms. The van der Waals surface area contributed by atoms with Crippen molar-refractivity contribution >= 4 is 5.97 Å². The van der Waals surface area contributed by atoms with Crippen LogP contribution in [-0.4, -0.2) is 60.4 Å². The van der Waals surface area contributed by atoms with Crippen molar-refractivity contribution in [2.24, 2.45) is 0 Å². The second-order valence-electron chi connectivity index (χ2n) is 4.87. The van der Waals surface area contributed by atoms with Crippen LogP contribution in [0.3, 0.4) is 0 Å². The normalized spacial score (nSPS) is 21.9. The van der Waals surface area contributed by atoms with Crippen molar-refractivity contribution in [1.29, 1.82) is 0 Å². The van der Waals surface area contributed by atoms with Gasteiger partial charge in [-0.15, -0.1) is 0 Å². The van der Waals surface area contributed by atoms with E-state index in [2.05, 4.69) is 5.32 Å². The van der Waals surface area contributed by atoms with Crippen molar-refractivity contribution in [3.05, 3.63) is 0 Å². The number of rotatable bonds is 6. The third-order valence-corrected chi connectivity index (χ3v) is 3.73. The summed E-state index contributed by atoms with van der Waals surface area (Å²) in [5.74, 6) is -0.195. The van der Waals surface area contributed by atoms with Crippen molar-refractivity contribution in [3.8, 4) is 0 Å². The number of hydrogen-bond donors (Lipinski definition) is 2. The predicted molar refractivity (Wildman–Crippen MR) is 70.4 cm³/mol. The fourth-order valence-corrected chi connectivity index (χ4v) is 2.26. The Bertz CT molecular complexity index is 267. The van der Waals surface area contributed by atoms with Crippen LogP contribution < -0.4 is 5.32 Å². The summed E-state index contributed by atoms with van der Waals surface area (Å²) in [5.41, 5.74) is -0.706. The molecule has 1 unspecified atom stereocenters. The van der Waals surface area contributed by atoms with Gasteiger partial charge in [0.25, 0.3) is 0 Å². The summed E-state index contributed by atoms with van der Waals surface area (Å²) >= 11 is 0. The van der Waals surface area contributed by atoms with Crippen molar-refractivity contribution in [1.82, 2.24) is 10.2 Å². The molecule has 0 amide bonds. The van der Waals surface area contributed by atoms with Gasteiger partial charge in [0.2, 0.25) is 0 Å². The zero-order valence-corrected chi connectivity index (χ0v) is 11.7. The molecular weight excluding hydrogens is 232 g/mol. The van der Waals surface area contributed by atoms with E-state index in [0.29, 0.717) is 32.5 Å². The molecule has 0 saturated carbocycles. The maximum atomic E-state index is 11.9. The lowest BCUT2D eigenvalue weighted by molar-refractivity contribution is -0.151. The first-order valence-electron chi connectivity index (χ1n) is 6.90. The lowest BCUT2D eigenvalue weighted by atomic mass is 9.95. The topological polar surface area (TPSA) is 61.8 Å². The monoisotopic (exact) mass is 258 g/mol. The number of esters is 1. The third kappa shape index (κ3) is 3.93. The van der Waals surface area contributed by atoms with Gasteiger partial charge in [-0.1, -0.05) is 13.8 Å². The Hall–Kier alpha value is -0.650. The molecular formula is C13H26N2O3. The molecule has 0 aromatic carbocycles. The summed E-state index contributed by atoms with van der Waals surface area (Å²) in [5, 5.41) is 13.6. The molecule has 0 aliphatic carbocycles. The van der Waals surface area contributed by atoms with Crippen molar-refractivity contribution in [2.45, 2.75) is 45.3 Å². The highest BCUT2D eigenvalue weighted by molar-refractivity contribution is 5.76. The van der Waals surface area contributed by atoms with E-state index >= 15 is 0 Å². The number of aliphatic hydroxyl groups is 1. The molecule has 0 bridgehead atoms. The van der Waals surface area contributed by atoms with E-state index in [1.165, 1.54) is 0 Å². The second-order valence-corrected chi connectivity index (χ2v) is 4.87. The zero-order chi connectivity index (χ0) is 13.6. The lowest BCUT2D eigenvalue weighted by Gasteiger charge is -2.39. The number of ether oxygens (including phenoxy) is 1.